The number of aryl methyl sites for hydroxylation is 1. The fraction of sp³-hybridized carbons (Fsp3) is 0.227. The minimum Gasteiger partial charge on any atom is -0.491 e. The van der Waals surface area contributed by atoms with E-state index in [-0.39, 0.29) is 13.2 Å². The Kier molecular flexibility index (Phi) is 6.06. The van der Waals surface area contributed by atoms with Crippen LogP contribution in [-0.4, -0.2) is 51.2 Å². The lowest BCUT2D eigenvalue weighted by atomic mass is 10.1. The number of hydrogen-bond donors (Lipinski definition) is 2. The lowest BCUT2D eigenvalue weighted by molar-refractivity contribution is 0.201. The maximum atomic E-state index is 14.2. The molecule has 0 spiro atoms. The van der Waals surface area contributed by atoms with E-state index < -0.39 is 5.82 Å². The van der Waals surface area contributed by atoms with Crippen molar-refractivity contribution in [3.8, 4) is 16.9 Å². The molecule has 0 aliphatic heterocycles. The second-order valence-electron chi connectivity index (χ2n) is 6.99. The van der Waals surface area contributed by atoms with Gasteiger partial charge in [-0.15, -0.1) is 0 Å². The van der Waals surface area contributed by atoms with Crippen LogP contribution in [0.15, 0.2) is 55.0 Å². The van der Waals surface area contributed by atoms with Gasteiger partial charge in [0, 0.05) is 49.7 Å². The van der Waals surface area contributed by atoms with Crippen LogP contribution >= 0.6 is 0 Å². The Morgan fingerprint density at radius 1 is 1.13 bits per heavy atom. The summed E-state index contributed by atoms with van der Waals surface area (Å²) < 4.78 is 21.3. The highest BCUT2D eigenvalue weighted by molar-refractivity contribution is 5.82. The predicted molar refractivity (Wildman–Crippen MR) is 117 cm³/mol. The number of nitrogens with zero attached hydrogens (tertiary/aromatic N) is 5. The Labute approximate surface area is 178 Å². The Bertz CT molecular complexity index is 1200. The number of benzene rings is 2. The molecule has 2 aromatic heterocycles. The van der Waals surface area contributed by atoms with Gasteiger partial charge in [0.05, 0.1) is 30.0 Å². The molecule has 9 heteroatoms. The van der Waals surface area contributed by atoms with Gasteiger partial charge in [-0.1, -0.05) is 6.07 Å². The van der Waals surface area contributed by atoms with Gasteiger partial charge in [0.15, 0.2) is 5.82 Å². The number of ether oxygens (including phenoxy) is 1. The smallest absolute Gasteiger partial charge is 0.152 e. The number of nitrogens with two attached hydrogens (primary N) is 1. The zero-order valence-electron chi connectivity index (χ0n) is 17.1. The van der Waals surface area contributed by atoms with E-state index in [1.165, 1.54) is 12.1 Å². The van der Waals surface area contributed by atoms with E-state index >= 15 is 0 Å². The number of aromatic nitrogens is 4. The third-order valence-corrected chi connectivity index (χ3v) is 4.72. The minimum atomic E-state index is -0.458. The Morgan fingerprint density at radius 3 is 2.74 bits per heavy atom. The van der Waals surface area contributed by atoms with Crippen molar-refractivity contribution in [1.29, 1.82) is 0 Å². The molecule has 0 saturated heterocycles. The van der Waals surface area contributed by atoms with Gasteiger partial charge in [-0.05, 0) is 23.8 Å². The lowest BCUT2D eigenvalue weighted by Gasteiger charge is -2.24. The Hall–Kier alpha value is -3.56. The summed E-state index contributed by atoms with van der Waals surface area (Å²) in [6, 6.07) is 10.2. The molecular formula is C22H23FN6O2. The second kappa shape index (κ2) is 9.07. The number of aliphatic hydroxyl groups excluding tert-OH is 1. The normalized spacial score (nSPS) is 11.1. The maximum absolute atomic E-state index is 14.2. The van der Waals surface area contributed by atoms with Gasteiger partial charge in [-0.2, -0.15) is 5.10 Å². The number of halogens is 1. The zero-order valence-corrected chi connectivity index (χ0v) is 17.1. The van der Waals surface area contributed by atoms with E-state index in [1.807, 2.05) is 31.4 Å². The van der Waals surface area contributed by atoms with Crippen LogP contribution in [0.1, 0.15) is 0 Å². The number of hydrogen-bond acceptors (Lipinski definition) is 7. The van der Waals surface area contributed by atoms with Crippen LogP contribution in [0, 0.1) is 5.82 Å². The van der Waals surface area contributed by atoms with Gasteiger partial charge in [0.1, 0.15) is 18.2 Å². The van der Waals surface area contributed by atoms with Crippen LogP contribution in [0.25, 0.3) is 22.2 Å². The first-order valence-electron chi connectivity index (χ1n) is 9.85. The van der Waals surface area contributed by atoms with Crippen molar-refractivity contribution in [2.75, 3.05) is 31.2 Å². The van der Waals surface area contributed by atoms with Crippen LogP contribution in [0.3, 0.4) is 0 Å². The highest BCUT2D eigenvalue weighted by Crippen LogP contribution is 2.30. The molecule has 8 nitrogen and oxygen atoms in total. The number of anilines is 2. The van der Waals surface area contributed by atoms with Crippen molar-refractivity contribution in [2.45, 2.75) is 0 Å². The molecule has 3 N–H and O–H groups in total. The monoisotopic (exact) mass is 422 g/mol. The molecule has 0 unspecified atom stereocenters. The van der Waals surface area contributed by atoms with Crippen LogP contribution < -0.4 is 15.4 Å². The summed E-state index contributed by atoms with van der Waals surface area (Å²) in [7, 11) is 1.87. The summed E-state index contributed by atoms with van der Waals surface area (Å²) in [5, 5.41) is 13.2. The highest BCUT2D eigenvalue weighted by Gasteiger charge is 2.15. The molecule has 0 saturated carbocycles. The number of fused-ring (bicyclic) bond motifs is 1. The van der Waals surface area contributed by atoms with Crippen molar-refractivity contribution < 1.29 is 14.2 Å². The summed E-state index contributed by atoms with van der Waals surface area (Å²) in [4.78, 5) is 11.1. The molecule has 4 aromatic rings. The van der Waals surface area contributed by atoms with Gasteiger partial charge in [0.25, 0.3) is 0 Å². The van der Waals surface area contributed by atoms with Crippen LogP contribution in [-0.2, 0) is 7.05 Å². The first-order chi connectivity index (χ1) is 15.1. The topological polar surface area (TPSA) is 102 Å². The summed E-state index contributed by atoms with van der Waals surface area (Å²) in [5.74, 6) is 0.402. The largest absolute Gasteiger partial charge is 0.491 e. The summed E-state index contributed by atoms with van der Waals surface area (Å²) in [6.07, 6.45) is 5.36. The summed E-state index contributed by atoms with van der Waals surface area (Å²) >= 11 is 0. The van der Waals surface area contributed by atoms with Gasteiger partial charge >= 0.3 is 0 Å². The lowest BCUT2D eigenvalue weighted by Crippen LogP contribution is -2.26. The molecule has 0 bridgehead atoms. The van der Waals surface area contributed by atoms with Gasteiger partial charge in [0.2, 0.25) is 0 Å². The van der Waals surface area contributed by atoms with Crippen molar-refractivity contribution in [3.05, 3.63) is 60.8 Å². The highest BCUT2D eigenvalue weighted by atomic mass is 19.1. The van der Waals surface area contributed by atoms with Gasteiger partial charge in [-0.3, -0.25) is 9.67 Å². The molecule has 0 fully saturated rings. The second-order valence-corrected chi connectivity index (χ2v) is 6.99. The third-order valence-electron chi connectivity index (χ3n) is 4.72. The Balaban J connectivity index is 1.74. The van der Waals surface area contributed by atoms with E-state index in [1.54, 1.807) is 28.0 Å². The number of rotatable bonds is 8. The molecule has 2 aromatic carbocycles. The molecular weight excluding hydrogens is 399 g/mol. The first kappa shape index (κ1) is 20.7. The molecule has 0 radical (unpaired) electrons. The van der Waals surface area contributed by atoms with Crippen molar-refractivity contribution >= 4 is 22.5 Å². The first-order valence-corrected chi connectivity index (χ1v) is 9.85. The van der Waals surface area contributed by atoms with Gasteiger partial charge in [-0.25, -0.2) is 9.37 Å². The summed E-state index contributed by atoms with van der Waals surface area (Å²) in [5.41, 5.74) is 9.76. The average molecular weight is 422 g/mol. The molecule has 0 aliphatic rings. The van der Waals surface area contributed by atoms with Crippen LogP contribution in [0.4, 0.5) is 15.9 Å². The zero-order chi connectivity index (χ0) is 21.8. The SMILES string of the molecule is Cn1cc(-c2ccc3ncc(N(CCN)c4cc(F)cc(OCCO)c4)nc3c2)cn1. The fourth-order valence-corrected chi connectivity index (χ4v) is 3.34. The van der Waals surface area contributed by atoms with E-state index in [9.17, 15) is 4.39 Å². The van der Waals surface area contributed by atoms with E-state index in [4.69, 9.17) is 20.6 Å². The quantitative estimate of drug-likeness (QED) is 0.450. The predicted octanol–water partition coefficient (Wildman–Crippen LogP) is 2.64. The molecule has 0 atom stereocenters. The molecule has 2 heterocycles. The number of aliphatic hydroxyl groups is 1. The molecule has 0 amide bonds. The molecule has 31 heavy (non-hydrogen) atoms. The van der Waals surface area contributed by atoms with Crippen LogP contribution in [0.5, 0.6) is 5.75 Å². The summed E-state index contributed by atoms with van der Waals surface area (Å²) in [6.45, 7) is 0.657. The van der Waals surface area contributed by atoms with Gasteiger partial charge < -0.3 is 20.5 Å². The van der Waals surface area contributed by atoms with Crippen LogP contribution in [0.2, 0.25) is 0 Å². The Morgan fingerprint density at radius 2 is 2.00 bits per heavy atom. The van der Waals surface area contributed by atoms with E-state index in [2.05, 4.69) is 10.1 Å². The molecule has 160 valence electrons. The maximum Gasteiger partial charge on any atom is 0.152 e. The van der Waals surface area contributed by atoms with Crippen molar-refractivity contribution in [1.82, 2.24) is 19.7 Å². The standard InChI is InChI=1S/C22H23FN6O2/c1-28-14-16(12-26-28)15-2-3-20-21(8-15)27-22(13-25-20)29(5-4-24)18-9-17(23)10-19(11-18)31-7-6-30/h2-3,8-14,30H,4-7,24H2,1H3. The molecule has 4 rings (SSSR count). The molecule has 0 aliphatic carbocycles. The van der Waals surface area contributed by atoms with E-state index in [0.717, 1.165) is 16.6 Å². The average Bonchev–Trinajstić information content (AvgIpc) is 3.21. The van der Waals surface area contributed by atoms with Crippen molar-refractivity contribution in [2.24, 2.45) is 12.8 Å². The van der Waals surface area contributed by atoms with Crippen molar-refractivity contribution in [3.63, 3.8) is 0 Å². The third kappa shape index (κ3) is 4.62. The minimum absolute atomic E-state index is 0.0761. The van der Waals surface area contributed by atoms with E-state index in [0.29, 0.717) is 35.9 Å². The fourth-order valence-electron chi connectivity index (χ4n) is 3.34.